The van der Waals surface area contributed by atoms with Crippen molar-refractivity contribution in [1.82, 2.24) is 4.31 Å². The maximum absolute atomic E-state index is 12.0. The molecule has 2 N–H and O–H groups in total. The highest BCUT2D eigenvalue weighted by Gasteiger charge is 2.24. The number of phenols is 1. The number of amides is 1. The van der Waals surface area contributed by atoms with Gasteiger partial charge >= 0.3 is 0 Å². The third kappa shape index (κ3) is 4.45. The number of sulfonamides is 1. The normalized spacial score (nSPS) is 15.9. The summed E-state index contributed by atoms with van der Waals surface area (Å²) in [6.45, 7) is 2.96. The van der Waals surface area contributed by atoms with Gasteiger partial charge in [-0.05, 0) is 37.8 Å². The first kappa shape index (κ1) is 16.8. The summed E-state index contributed by atoms with van der Waals surface area (Å²) in [7, 11) is -3.23. The Bertz CT molecular complexity index is 637. The second-order valence-electron chi connectivity index (χ2n) is 5.58. The Morgan fingerprint density at radius 1 is 1.32 bits per heavy atom. The molecule has 1 saturated heterocycles. The molecule has 1 aromatic carbocycles. The van der Waals surface area contributed by atoms with E-state index in [1.807, 2.05) is 0 Å². The SMILES string of the molecule is Cc1ccc(NC(=O)CCCS(=O)(=O)N2CCCC2)cc1O. The van der Waals surface area contributed by atoms with E-state index < -0.39 is 10.0 Å². The Kier molecular flexibility index (Phi) is 5.42. The fraction of sp³-hybridized carbons (Fsp3) is 0.533. The lowest BCUT2D eigenvalue weighted by Crippen LogP contribution is -2.30. The van der Waals surface area contributed by atoms with Crippen molar-refractivity contribution in [2.24, 2.45) is 0 Å². The lowest BCUT2D eigenvalue weighted by molar-refractivity contribution is -0.116. The van der Waals surface area contributed by atoms with Crippen molar-refractivity contribution in [3.05, 3.63) is 23.8 Å². The zero-order valence-electron chi connectivity index (χ0n) is 12.7. The number of phenolic OH excluding ortho intramolecular Hbond substituents is 1. The van der Waals surface area contributed by atoms with Gasteiger partial charge in [-0.1, -0.05) is 6.07 Å². The van der Waals surface area contributed by atoms with Gasteiger partial charge in [-0.3, -0.25) is 4.79 Å². The number of rotatable bonds is 6. The molecule has 0 aromatic heterocycles. The number of nitrogens with zero attached hydrogens (tertiary/aromatic N) is 1. The second-order valence-corrected chi connectivity index (χ2v) is 7.66. The van der Waals surface area contributed by atoms with Crippen molar-refractivity contribution in [2.45, 2.75) is 32.6 Å². The van der Waals surface area contributed by atoms with E-state index in [1.165, 1.54) is 10.4 Å². The van der Waals surface area contributed by atoms with Crippen molar-refractivity contribution in [1.29, 1.82) is 0 Å². The first-order chi connectivity index (χ1) is 10.4. The molecule has 1 aliphatic rings. The molecule has 7 heteroatoms. The van der Waals surface area contributed by atoms with Gasteiger partial charge < -0.3 is 10.4 Å². The van der Waals surface area contributed by atoms with E-state index in [2.05, 4.69) is 5.32 Å². The van der Waals surface area contributed by atoms with Crippen LogP contribution in [0.1, 0.15) is 31.2 Å². The zero-order valence-corrected chi connectivity index (χ0v) is 13.5. The Hall–Kier alpha value is -1.60. The van der Waals surface area contributed by atoms with Gasteiger partial charge in [-0.25, -0.2) is 12.7 Å². The van der Waals surface area contributed by atoms with Crippen LogP contribution in [0.5, 0.6) is 5.75 Å². The summed E-state index contributed by atoms with van der Waals surface area (Å²) in [5.41, 5.74) is 1.24. The van der Waals surface area contributed by atoms with E-state index in [-0.39, 0.29) is 23.8 Å². The Balaban J connectivity index is 1.79. The van der Waals surface area contributed by atoms with Crippen LogP contribution in [0, 0.1) is 6.92 Å². The number of carbonyl (C=O) groups is 1. The predicted molar refractivity (Wildman–Crippen MR) is 85.3 cm³/mol. The summed E-state index contributed by atoms with van der Waals surface area (Å²) in [6, 6.07) is 4.89. The minimum Gasteiger partial charge on any atom is -0.508 e. The van der Waals surface area contributed by atoms with Crippen molar-refractivity contribution in [3.63, 3.8) is 0 Å². The molecule has 6 nitrogen and oxygen atoms in total. The molecule has 1 fully saturated rings. The summed E-state index contributed by atoms with van der Waals surface area (Å²) in [4.78, 5) is 11.8. The van der Waals surface area contributed by atoms with E-state index in [0.29, 0.717) is 25.2 Å². The van der Waals surface area contributed by atoms with Gasteiger partial charge in [0.2, 0.25) is 15.9 Å². The van der Waals surface area contributed by atoms with Crippen LogP contribution in [0.15, 0.2) is 18.2 Å². The van der Waals surface area contributed by atoms with Crippen LogP contribution in [0.25, 0.3) is 0 Å². The molecule has 1 aliphatic heterocycles. The Labute approximate surface area is 131 Å². The molecule has 1 amide bonds. The molecule has 0 saturated carbocycles. The quantitative estimate of drug-likeness (QED) is 0.835. The van der Waals surface area contributed by atoms with Crippen molar-refractivity contribution in [3.8, 4) is 5.75 Å². The molecular weight excluding hydrogens is 304 g/mol. The highest BCUT2D eigenvalue weighted by molar-refractivity contribution is 7.89. The summed E-state index contributed by atoms with van der Waals surface area (Å²) in [5.74, 6) is -0.131. The van der Waals surface area contributed by atoms with Crippen molar-refractivity contribution in [2.75, 3.05) is 24.2 Å². The van der Waals surface area contributed by atoms with Gasteiger partial charge in [0.15, 0.2) is 0 Å². The maximum Gasteiger partial charge on any atom is 0.224 e. The van der Waals surface area contributed by atoms with Crippen LogP contribution in [0.3, 0.4) is 0 Å². The number of nitrogens with one attached hydrogen (secondary N) is 1. The second kappa shape index (κ2) is 7.11. The molecule has 0 atom stereocenters. The minimum atomic E-state index is -3.23. The molecule has 122 valence electrons. The van der Waals surface area contributed by atoms with Gasteiger partial charge in [-0.2, -0.15) is 0 Å². The Morgan fingerprint density at radius 3 is 2.64 bits per heavy atom. The lowest BCUT2D eigenvalue weighted by Gasteiger charge is -2.15. The summed E-state index contributed by atoms with van der Waals surface area (Å²) in [5, 5.41) is 12.2. The van der Waals surface area contributed by atoms with Gasteiger partial charge in [0.1, 0.15) is 5.75 Å². The van der Waals surface area contributed by atoms with Crippen LogP contribution in [0.4, 0.5) is 5.69 Å². The lowest BCUT2D eigenvalue weighted by atomic mass is 10.2. The largest absolute Gasteiger partial charge is 0.508 e. The minimum absolute atomic E-state index is 0.000429. The fourth-order valence-electron chi connectivity index (χ4n) is 2.42. The first-order valence-corrected chi connectivity index (χ1v) is 9.07. The molecule has 2 rings (SSSR count). The van der Waals surface area contributed by atoms with E-state index in [1.54, 1.807) is 19.1 Å². The van der Waals surface area contributed by atoms with E-state index in [9.17, 15) is 18.3 Å². The van der Waals surface area contributed by atoms with Crippen LogP contribution in [-0.4, -0.2) is 42.6 Å². The molecule has 0 radical (unpaired) electrons. The summed E-state index contributed by atoms with van der Waals surface area (Å²) < 4.78 is 25.5. The molecule has 1 heterocycles. The van der Waals surface area contributed by atoms with Gasteiger partial charge in [-0.15, -0.1) is 0 Å². The average molecular weight is 326 g/mol. The number of aromatic hydroxyl groups is 1. The molecule has 0 aliphatic carbocycles. The standard InChI is InChI=1S/C15H22N2O4S/c1-12-6-7-13(11-14(12)18)16-15(19)5-4-10-22(20,21)17-8-2-3-9-17/h6-7,11,18H,2-5,8-10H2,1H3,(H,16,19). The van der Waals surface area contributed by atoms with E-state index >= 15 is 0 Å². The molecule has 22 heavy (non-hydrogen) atoms. The van der Waals surface area contributed by atoms with Crippen molar-refractivity contribution < 1.29 is 18.3 Å². The molecule has 0 spiro atoms. The van der Waals surface area contributed by atoms with E-state index in [4.69, 9.17) is 0 Å². The third-order valence-electron chi connectivity index (χ3n) is 3.76. The molecule has 1 aromatic rings. The number of carbonyl (C=O) groups excluding carboxylic acids is 1. The number of hydrogen-bond acceptors (Lipinski definition) is 4. The highest BCUT2D eigenvalue weighted by Crippen LogP contribution is 2.21. The van der Waals surface area contributed by atoms with Crippen LogP contribution in [-0.2, 0) is 14.8 Å². The third-order valence-corrected chi connectivity index (χ3v) is 5.71. The van der Waals surface area contributed by atoms with Gasteiger partial charge in [0, 0.05) is 31.3 Å². The Morgan fingerprint density at radius 2 is 2.00 bits per heavy atom. The van der Waals surface area contributed by atoms with E-state index in [0.717, 1.165) is 18.4 Å². The smallest absolute Gasteiger partial charge is 0.224 e. The van der Waals surface area contributed by atoms with Crippen LogP contribution in [0.2, 0.25) is 0 Å². The fourth-order valence-corrected chi connectivity index (χ4v) is 4.00. The number of aryl methyl sites for hydroxylation is 1. The molecular formula is C15H22N2O4S. The summed E-state index contributed by atoms with van der Waals surface area (Å²) >= 11 is 0. The average Bonchev–Trinajstić information content (AvgIpc) is 2.97. The maximum atomic E-state index is 12.0. The van der Waals surface area contributed by atoms with Crippen LogP contribution >= 0.6 is 0 Å². The monoisotopic (exact) mass is 326 g/mol. The summed E-state index contributed by atoms with van der Waals surface area (Å²) in [6.07, 6.45) is 2.26. The molecule has 0 bridgehead atoms. The zero-order chi connectivity index (χ0) is 16.2. The number of benzene rings is 1. The topological polar surface area (TPSA) is 86.7 Å². The van der Waals surface area contributed by atoms with Crippen molar-refractivity contribution >= 4 is 21.6 Å². The van der Waals surface area contributed by atoms with Gasteiger partial charge in [0.05, 0.1) is 5.75 Å². The molecule has 0 unspecified atom stereocenters. The highest BCUT2D eigenvalue weighted by atomic mass is 32.2. The predicted octanol–water partition coefficient (Wildman–Crippen LogP) is 1.84. The number of anilines is 1. The van der Waals surface area contributed by atoms with Crippen LogP contribution < -0.4 is 5.32 Å². The first-order valence-electron chi connectivity index (χ1n) is 7.46. The number of hydrogen-bond donors (Lipinski definition) is 2. The van der Waals surface area contributed by atoms with Gasteiger partial charge in [0.25, 0.3) is 0 Å².